The summed E-state index contributed by atoms with van der Waals surface area (Å²) in [5.41, 5.74) is 2.20. The first-order valence-electron chi connectivity index (χ1n) is 8.92. The second-order valence-corrected chi connectivity index (χ2v) is 6.15. The minimum absolute atomic E-state index is 0.170. The van der Waals surface area contributed by atoms with E-state index in [1.807, 2.05) is 30.4 Å². The first kappa shape index (κ1) is 19.8. The molecule has 0 saturated carbocycles. The summed E-state index contributed by atoms with van der Waals surface area (Å²) in [6, 6.07) is 17.7. The highest BCUT2D eigenvalue weighted by molar-refractivity contribution is 5.94. The summed E-state index contributed by atoms with van der Waals surface area (Å²) in [6.45, 7) is 1.44. The van der Waals surface area contributed by atoms with Gasteiger partial charge < -0.3 is 14.8 Å². The molecule has 0 aliphatic heterocycles. The Morgan fingerprint density at radius 2 is 1.69 bits per heavy atom. The van der Waals surface area contributed by atoms with Gasteiger partial charge >= 0.3 is 5.97 Å². The van der Waals surface area contributed by atoms with Gasteiger partial charge in [0.15, 0.2) is 0 Å². The molecule has 0 fully saturated rings. The van der Waals surface area contributed by atoms with Gasteiger partial charge in [0, 0.05) is 13.1 Å². The van der Waals surface area contributed by atoms with Crippen molar-refractivity contribution >= 4 is 29.8 Å². The molecule has 3 rings (SSSR count). The van der Waals surface area contributed by atoms with Crippen LogP contribution in [-0.4, -0.2) is 24.0 Å². The van der Waals surface area contributed by atoms with Crippen molar-refractivity contribution in [3.63, 3.8) is 0 Å². The molecule has 6 heteroatoms. The molecule has 1 amide bonds. The number of methoxy groups -OCH3 is 1. The molecule has 2 aromatic carbocycles. The molecule has 0 unspecified atom stereocenters. The summed E-state index contributed by atoms with van der Waals surface area (Å²) < 4.78 is 10.6. The van der Waals surface area contributed by atoms with E-state index in [0.717, 1.165) is 11.1 Å². The molecule has 0 radical (unpaired) electrons. The van der Waals surface area contributed by atoms with Crippen molar-refractivity contribution in [3.8, 4) is 11.5 Å². The average Bonchev–Trinajstić information content (AvgIpc) is 2.73. The topological polar surface area (TPSA) is 77.5 Å². The summed E-state index contributed by atoms with van der Waals surface area (Å²) in [7, 11) is 1.51. The number of carbonyl (C=O) groups excluding carboxylic acids is 2. The number of anilines is 1. The predicted octanol–water partition coefficient (Wildman–Crippen LogP) is 4.44. The molecule has 0 spiro atoms. The van der Waals surface area contributed by atoms with Crippen LogP contribution in [0.15, 0.2) is 66.9 Å². The highest BCUT2D eigenvalue weighted by Gasteiger charge is 2.13. The average molecular weight is 388 g/mol. The van der Waals surface area contributed by atoms with Crippen LogP contribution in [0.4, 0.5) is 5.82 Å². The van der Waals surface area contributed by atoms with Gasteiger partial charge in [0.25, 0.3) is 0 Å². The number of rotatable bonds is 6. The van der Waals surface area contributed by atoms with E-state index in [2.05, 4.69) is 10.3 Å². The largest absolute Gasteiger partial charge is 0.496 e. The second-order valence-electron chi connectivity index (χ2n) is 6.15. The van der Waals surface area contributed by atoms with E-state index in [1.54, 1.807) is 48.7 Å². The number of para-hydroxylation sites is 1. The van der Waals surface area contributed by atoms with Crippen LogP contribution in [0.5, 0.6) is 11.5 Å². The Kier molecular flexibility index (Phi) is 6.37. The smallest absolute Gasteiger partial charge is 0.347 e. The fourth-order valence-electron chi connectivity index (χ4n) is 2.61. The molecule has 0 aliphatic carbocycles. The molecular formula is C23H20N2O4. The quantitative estimate of drug-likeness (QED) is 0.499. The lowest BCUT2D eigenvalue weighted by Gasteiger charge is -2.08. The lowest BCUT2D eigenvalue weighted by molar-refractivity contribution is -0.114. The number of benzene rings is 2. The van der Waals surface area contributed by atoms with Crippen molar-refractivity contribution < 1.29 is 19.1 Å². The van der Waals surface area contributed by atoms with Crippen LogP contribution in [0.1, 0.15) is 28.4 Å². The SMILES string of the molecule is COc1ccccc1C(=O)Oc1ccc(/C=C/c2ccnc(NC(C)=O)c2)cc1. The molecule has 1 N–H and O–H groups in total. The highest BCUT2D eigenvalue weighted by Crippen LogP contribution is 2.21. The number of hydrogen-bond donors (Lipinski definition) is 1. The molecule has 1 aromatic heterocycles. The lowest BCUT2D eigenvalue weighted by atomic mass is 10.1. The first-order chi connectivity index (χ1) is 14.0. The van der Waals surface area contributed by atoms with Gasteiger partial charge in [-0.15, -0.1) is 0 Å². The van der Waals surface area contributed by atoms with Gasteiger partial charge in [-0.25, -0.2) is 9.78 Å². The number of nitrogens with one attached hydrogen (secondary N) is 1. The van der Waals surface area contributed by atoms with Crippen LogP contribution in [0.25, 0.3) is 12.2 Å². The minimum Gasteiger partial charge on any atom is -0.496 e. The van der Waals surface area contributed by atoms with E-state index in [1.165, 1.54) is 14.0 Å². The molecular weight excluding hydrogens is 368 g/mol. The standard InChI is InChI=1S/C23H20N2O4/c1-16(26)25-22-15-18(13-14-24-22)8-7-17-9-11-19(12-10-17)29-23(27)20-5-3-4-6-21(20)28-2/h3-15H,1-2H3,(H,24,25,26)/b8-7+. The van der Waals surface area contributed by atoms with Crippen LogP contribution < -0.4 is 14.8 Å². The number of ether oxygens (including phenoxy) is 2. The monoisotopic (exact) mass is 388 g/mol. The van der Waals surface area contributed by atoms with E-state index in [0.29, 0.717) is 22.9 Å². The molecule has 1 heterocycles. The number of esters is 1. The molecule has 0 atom stereocenters. The van der Waals surface area contributed by atoms with Crippen LogP contribution >= 0.6 is 0 Å². The molecule has 3 aromatic rings. The van der Waals surface area contributed by atoms with Gasteiger partial charge in [0.1, 0.15) is 22.9 Å². The van der Waals surface area contributed by atoms with Crippen molar-refractivity contribution in [2.24, 2.45) is 0 Å². The number of aromatic nitrogens is 1. The van der Waals surface area contributed by atoms with Crippen LogP contribution in [0.2, 0.25) is 0 Å². The summed E-state index contributed by atoms with van der Waals surface area (Å²) in [5.74, 6) is 0.756. The van der Waals surface area contributed by atoms with Gasteiger partial charge in [0.05, 0.1) is 7.11 Å². The fraction of sp³-hybridized carbons (Fsp3) is 0.0870. The van der Waals surface area contributed by atoms with Crippen molar-refractivity contribution in [2.45, 2.75) is 6.92 Å². The molecule has 0 saturated heterocycles. The number of carbonyl (C=O) groups is 2. The zero-order valence-electron chi connectivity index (χ0n) is 16.1. The van der Waals surface area contributed by atoms with Gasteiger partial charge in [0.2, 0.25) is 5.91 Å². The third kappa shape index (κ3) is 5.52. The minimum atomic E-state index is -0.479. The number of pyridine rings is 1. The summed E-state index contributed by atoms with van der Waals surface area (Å²) in [5, 5.41) is 2.65. The van der Waals surface area contributed by atoms with Crippen LogP contribution in [0.3, 0.4) is 0 Å². The molecule has 0 bridgehead atoms. The number of nitrogens with zero attached hydrogens (tertiary/aromatic N) is 1. The zero-order valence-corrected chi connectivity index (χ0v) is 16.1. The second kappa shape index (κ2) is 9.32. The first-order valence-corrected chi connectivity index (χ1v) is 8.92. The van der Waals surface area contributed by atoms with Crippen LogP contribution in [-0.2, 0) is 4.79 Å². The van der Waals surface area contributed by atoms with Crippen molar-refractivity contribution in [2.75, 3.05) is 12.4 Å². The maximum absolute atomic E-state index is 12.3. The van der Waals surface area contributed by atoms with Gasteiger partial charge in [-0.05, 0) is 47.5 Å². The van der Waals surface area contributed by atoms with Crippen molar-refractivity contribution in [1.82, 2.24) is 4.98 Å². The van der Waals surface area contributed by atoms with Crippen LogP contribution in [0, 0.1) is 0 Å². The lowest BCUT2D eigenvalue weighted by Crippen LogP contribution is -2.09. The summed E-state index contributed by atoms with van der Waals surface area (Å²) in [4.78, 5) is 27.6. The van der Waals surface area contributed by atoms with E-state index < -0.39 is 5.97 Å². The Morgan fingerprint density at radius 1 is 0.966 bits per heavy atom. The van der Waals surface area contributed by atoms with E-state index in [-0.39, 0.29) is 5.91 Å². The van der Waals surface area contributed by atoms with Gasteiger partial charge in [-0.3, -0.25) is 4.79 Å². The van der Waals surface area contributed by atoms with E-state index >= 15 is 0 Å². The Labute approximate surface area is 168 Å². The zero-order chi connectivity index (χ0) is 20.6. The number of hydrogen-bond acceptors (Lipinski definition) is 5. The Hall–Kier alpha value is -3.93. The summed E-state index contributed by atoms with van der Waals surface area (Å²) >= 11 is 0. The third-order valence-corrected chi connectivity index (χ3v) is 3.97. The molecule has 6 nitrogen and oxygen atoms in total. The van der Waals surface area contributed by atoms with E-state index in [4.69, 9.17) is 9.47 Å². The molecule has 0 aliphatic rings. The molecule has 29 heavy (non-hydrogen) atoms. The third-order valence-electron chi connectivity index (χ3n) is 3.97. The fourth-order valence-corrected chi connectivity index (χ4v) is 2.61. The van der Waals surface area contributed by atoms with Crippen molar-refractivity contribution in [1.29, 1.82) is 0 Å². The Bertz CT molecular complexity index is 1040. The molecule has 146 valence electrons. The maximum Gasteiger partial charge on any atom is 0.347 e. The van der Waals surface area contributed by atoms with Crippen molar-refractivity contribution in [3.05, 3.63) is 83.6 Å². The van der Waals surface area contributed by atoms with Gasteiger partial charge in [-0.2, -0.15) is 0 Å². The number of amides is 1. The Morgan fingerprint density at radius 3 is 2.41 bits per heavy atom. The Balaban J connectivity index is 1.66. The highest BCUT2D eigenvalue weighted by atomic mass is 16.5. The summed E-state index contributed by atoms with van der Waals surface area (Å²) in [6.07, 6.45) is 5.45. The normalized spacial score (nSPS) is 10.6. The maximum atomic E-state index is 12.3. The predicted molar refractivity (Wildman–Crippen MR) is 112 cm³/mol. The van der Waals surface area contributed by atoms with E-state index in [9.17, 15) is 9.59 Å². The van der Waals surface area contributed by atoms with Gasteiger partial charge in [-0.1, -0.05) is 36.4 Å².